The summed E-state index contributed by atoms with van der Waals surface area (Å²) >= 11 is 0. The number of carbonyl (C=O) groups excluding carboxylic acids is 4. The van der Waals surface area contributed by atoms with E-state index < -0.39 is 22.4 Å². The molecule has 2 saturated heterocycles. The molecule has 88 heavy (non-hydrogen) atoms. The van der Waals surface area contributed by atoms with Crippen molar-refractivity contribution in [1.82, 2.24) is 38.7 Å². The Morgan fingerprint density at radius 1 is 0.489 bits per heavy atom. The van der Waals surface area contributed by atoms with Crippen LogP contribution in [-0.4, -0.2) is 147 Å². The van der Waals surface area contributed by atoms with Crippen molar-refractivity contribution in [1.29, 1.82) is 0 Å². The van der Waals surface area contributed by atoms with E-state index in [1.807, 2.05) is 148 Å². The summed E-state index contributed by atoms with van der Waals surface area (Å²) in [6.45, 7) is 13.5. The number of benzene rings is 4. The molecule has 4 heterocycles. The van der Waals surface area contributed by atoms with E-state index in [-0.39, 0.29) is 48.2 Å². The highest BCUT2D eigenvalue weighted by atomic mass is 16.6. The van der Waals surface area contributed by atoms with E-state index in [0.29, 0.717) is 75.3 Å². The third-order valence-electron chi connectivity index (χ3n) is 18.8. The van der Waals surface area contributed by atoms with Gasteiger partial charge in [0.25, 0.3) is 11.8 Å². The largest absolute Gasteiger partial charge is 0.444 e. The van der Waals surface area contributed by atoms with Crippen molar-refractivity contribution in [3.63, 3.8) is 0 Å². The van der Waals surface area contributed by atoms with Gasteiger partial charge in [-0.15, -0.1) is 0 Å². The van der Waals surface area contributed by atoms with Gasteiger partial charge in [-0.3, -0.25) is 9.59 Å². The maximum Gasteiger partial charge on any atom is 0.410 e. The van der Waals surface area contributed by atoms with Crippen LogP contribution in [0.3, 0.4) is 0 Å². The number of piperazine rings is 2. The maximum absolute atomic E-state index is 14.6. The van der Waals surface area contributed by atoms with E-state index in [1.54, 1.807) is 22.5 Å². The molecule has 12 rings (SSSR count). The van der Waals surface area contributed by atoms with E-state index in [9.17, 15) is 29.4 Å². The van der Waals surface area contributed by atoms with Crippen molar-refractivity contribution in [2.45, 2.75) is 191 Å². The lowest BCUT2D eigenvalue weighted by atomic mass is 9.76. The van der Waals surface area contributed by atoms with Crippen LogP contribution in [0.4, 0.5) is 9.59 Å². The minimum atomic E-state index is -0.807. The van der Waals surface area contributed by atoms with Crippen LogP contribution in [0, 0.1) is 11.8 Å². The summed E-state index contributed by atoms with van der Waals surface area (Å²) in [5, 5.41) is 24.1. The topological polar surface area (TPSA) is 176 Å². The zero-order valence-electron chi connectivity index (χ0n) is 52.6. The molecule has 0 bridgehead atoms. The second-order valence-electron chi connectivity index (χ2n) is 28.0. The number of imidazole rings is 2. The van der Waals surface area contributed by atoms with Crippen LogP contribution in [0.1, 0.15) is 176 Å². The SMILES string of the molecule is CC(C)(C)OC(=O)N1CCN(C(=O)c2ncn([C@@H]3CCCC[C@@]3(O)CC3CC3)c2-c2ccccc2)[C@H](Cc2ccccc2)C1.CC(C)(C)OC(=O)N1CCN(C(=O)c2ncn([C@H]3CCCC[C@]3(O)CC3CC3)c2-c2ccccc2)[C@H](Cc2ccccc2)C1. The molecule has 6 aromatic rings. The monoisotopic (exact) mass is 1200 g/mol. The van der Waals surface area contributed by atoms with Crippen molar-refractivity contribution in [3.8, 4) is 22.5 Å². The van der Waals surface area contributed by atoms with Crippen LogP contribution in [0.15, 0.2) is 134 Å². The van der Waals surface area contributed by atoms with Gasteiger partial charge in [0.2, 0.25) is 0 Å². The van der Waals surface area contributed by atoms with Crippen LogP contribution in [0.25, 0.3) is 22.5 Å². The lowest BCUT2D eigenvalue weighted by molar-refractivity contribution is -0.0521. The van der Waals surface area contributed by atoms with Gasteiger partial charge < -0.3 is 48.4 Å². The number of carbonyl (C=O) groups is 4. The molecule has 2 aliphatic heterocycles. The van der Waals surface area contributed by atoms with E-state index in [4.69, 9.17) is 19.4 Å². The van der Waals surface area contributed by atoms with Crippen LogP contribution < -0.4 is 0 Å². The molecule has 6 fully saturated rings. The average Bonchev–Trinajstić information content (AvgIpc) is 2.24. The summed E-state index contributed by atoms with van der Waals surface area (Å²) in [7, 11) is 0. The minimum absolute atomic E-state index is 0.134. The van der Waals surface area contributed by atoms with Gasteiger partial charge in [-0.05, 0) is 116 Å². The van der Waals surface area contributed by atoms with E-state index >= 15 is 0 Å². The Labute approximate surface area is 520 Å². The number of rotatable bonds is 14. The Morgan fingerprint density at radius 3 is 1.18 bits per heavy atom. The molecule has 0 spiro atoms. The average molecular weight is 1200 g/mol. The fourth-order valence-electron chi connectivity index (χ4n) is 14.2. The van der Waals surface area contributed by atoms with Crippen molar-refractivity contribution in [3.05, 3.63) is 156 Å². The summed E-state index contributed by atoms with van der Waals surface area (Å²) in [5.41, 5.74) is 3.56. The third kappa shape index (κ3) is 14.9. The lowest BCUT2D eigenvalue weighted by Gasteiger charge is -2.42. The number of hydrogen-bond donors (Lipinski definition) is 2. The second-order valence-corrected chi connectivity index (χ2v) is 28.0. The third-order valence-corrected chi connectivity index (χ3v) is 18.8. The highest BCUT2D eigenvalue weighted by molar-refractivity contribution is 5.99. The van der Waals surface area contributed by atoms with E-state index in [0.717, 1.165) is 97.8 Å². The number of ether oxygens (including phenoxy) is 2. The summed E-state index contributed by atoms with van der Waals surface area (Å²) in [5.74, 6) is 0.888. The fourth-order valence-corrected chi connectivity index (χ4v) is 14.2. The number of amides is 4. The van der Waals surface area contributed by atoms with Crippen molar-refractivity contribution >= 4 is 24.0 Å². The first-order chi connectivity index (χ1) is 42.2. The predicted molar refractivity (Wildman–Crippen MR) is 340 cm³/mol. The van der Waals surface area contributed by atoms with Gasteiger partial charge in [0.1, 0.15) is 11.2 Å². The molecule has 2 aromatic heterocycles. The van der Waals surface area contributed by atoms with Gasteiger partial charge >= 0.3 is 12.2 Å². The highest BCUT2D eigenvalue weighted by Crippen LogP contribution is 2.50. The number of hydrogen-bond acceptors (Lipinski definition) is 10. The molecule has 0 radical (unpaired) electrons. The smallest absolute Gasteiger partial charge is 0.410 e. The first-order valence-corrected chi connectivity index (χ1v) is 32.6. The summed E-state index contributed by atoms with van der Waals surface area (Å²) in [4.78, 5) is 72.2. The molecular weight excluding hydrogens is 1100 g/mol. The van der Waals surface area contributed by atoms with Gasteiger partial charge in [0, 0.05) is 50.4 Å². The zero-order valence-corrected chi connectivity index (χ0v) is 52.6. The van der Waals surface area contributed by atoms with Crippen LogP contribution in [0.2, 0.25) is 0 Å². The van der Waals surface area contributed by atoms with E-state index in [2.05, 4.69) is 33.4 Å². The standard InChI is InChI=1S/2C36H46N4O4/c2*1-35(2,3)44-34(42)38-20-21-39(29(24-38)22-26-12-6-4-7-13-26)33(41)31-32(28-14-8-5-9-15-28)40(25-37-31)30-16-10-11-19-36(30,43)23-27-17-18-27/h2*4-9,12-15,25,27,29-30,43H,10-11,16-24H2,1-3H3/t29-,30+,36+;29-,30-,36-/m11/s1. The Kier molecular flexibility index (Phi) is 18.7. The number of nitrogens with zero attached hydrogens (tertiary/aromatic N) is 8. The Balaban J connectivity index is 0.000000182. The van der Waals surface area contributed by atoms with Gasteiger partial charge in [-0.2, -0.15) is 0 Å². The highest BCUT2D eigenvalue weighted by Gasteiger charge is 2.48. The fraction of sp³-hybridized carbons (Fsp3) is 0.528. The predicted octanol–water partition coefficient (Wildman–Crippen LogP) is 13.0. The summed E-state index contributed by atoms with van der Waals surface area (Å²) in [6, 6.07) is 39.4. The normalized spacial score (nSPS) is 24.3. The molecule has 16 nitrogen and oxygen atoms in total. The molecule has 468 valence electrons. The molecule has 0 unspecified atom stereocenters. The molecule has 6 aliphatic rings. The van der Waals surface area contributed by atoms with Gasteiger partial charge in [-0.25, -0.2) is 19.6 Å². The Hall–Kier alpha value is -7.30. The summed E-state index contributed by atoms with van der Waals surface area (Å²) in [6.07, 6.45) is 17.8. The van der Waals surface area contributed by atoms with Crippen molar-refractivity contribution < 1.29 is 38.9 Å². The van der Waals surface area contributed by atoms with Gasteiger partial charge in [0.15, 0.2) is 11.4 Å². The minimum Gasteiger partial charge on any atom is -0.444 e. The van der Waals surface area contributed by atoms with Crippen LogP contribution in [-0.2, 0) is 22.3 Å². The van der Waals surface area contributed by atoms with Crippen LogP contribution in [0.5, 0.6) is 0 Å². The van der Waals surface area contributed by atoms with Gasteiger partial charge in [-0.1, -0.05) is 173 Å². The lowest BCUT2D eigenvalue weighted by Crippen LogP contribution is -2.58. The molecule has 4 aliphatic carbocycles. The Bertz CT molecular complexity index is 3110. The van der Waals surface area contributed by atoms with Crippen molar-refractivity contribution in [2.75, 3.05) is 39.3 Å². The Morgan fingerprint density at radius 2 is 0.841 bits per heavy atom. The molecule has 6 atom stereocenters. The van der Waals surface area contributed by atoms with E-state index in [1.165, 1.54) is 25.7 Å². The number of aliphatic hydroxyl groups is 2. The molecule has 16 heteroatoms. The molecular formula is C72H92N8O8. The molecule has 2 N–H and O–H groups in total. The van der Waals surface area contributed by atoms with Crippen LogP contribution >= 0.6 is 0 Å². The summed E-state index contributed by atoms with van der Waals surface area (Å²) < 4.78 is 15.6. The maximum atomic E-state index is 14.6. The zero-order chi connectivity index (χ0) is 61.8. The molecule has 4 amide bonds. The first kappa shape index (κ1) is 62.3. The first-order valence-electron chi connectivity index (χ1n) is 32.6. The van der Waals surface area contributed by atoms with Crippen molar-refractivity contribution in [2.24, 2.45) is 11.8 Å². The molecule has 4 aromatic carbocycles. The quantitative estimate of drug-likeness (QED) is 0.107. The second kappa shape index (κ2) is 26.4. The van der Waals surface area contributed by atoms with Gasteiger partial charge in [0.05, 0.1) is 59.4 Å². The molecule has 4 saturated carbocycles. The number of aromatic nitrogens is 4.